The molecular weight excluding hydrogens is 407 g/mol. The van der Waals surface area contributed by atoms with E-state index in [9.17, 15) is 14.0 Å². The van der Waals surface area contributed by atoms with Crippen molar-refractivity contribution >= 4 is 29.1 Å². The molecule has 0 spiro atoms. The van der Waals surface area contributed by atoms with Crippen LogP contribution in [0.1, 0.15) is 29.3 Å². The average Bonchev–Trinajstić information content (AvgIpc) is 3.23. The van der Waals surface area contributed by atoms with Gasteiger partial charge in [-0.05, 0) is 37.6 Å². The van der Waals surface area contributed by atoms with Crippen LogP contribution in [-0.4, -0.2) is 32.8 Å². The Hall–Kier alpha value is -3.19. The van der Waals surface area contributed by atoms with E-state index in [2.05, 4.69) is 10.3 Å². The summed E-state index contributed by atoms with van der Waals surface area (Å²) < 4.78 is 16.2. The van der Waals surface area contributed by atoms with Crippen LogP contribution in [0.15, 0.2) is 61.2 Å². The van der Waals surface area contributed by atoms with E-state index in [0.717, 1.165) is 0 Å². The number of urea groups is 1. The zero-order chi connectivity index (χ0) is 21.5. The molecule has 0 saturated heterocycles. The van der Waals surface area contributed by atoms with E-state index in [4.69, 9.17) is 11.6 Å². The van der Waals surface area contributed by atoms with Gasteiger partial charge >= 0.3 is 6.03 Å². The van der Waals surface area contributed by atoms with Gasteiger partial charge in [0.25, 0.3) is 0 Å². The molecule has 1 N–H and O–H groups in total. The predicted octanol–water partition coefficient (Wildman–Crippen LogP) is 5.00. The van der Waals surface area contributed by atoms with Crippen LogP contribution in [0.2, 0.25) is 5.02 Å². The van der Waals surface area contributed by atoms with Crippen LogP contribution in [0.3, 0.4) is 0 Å². The first-order valence-corrected chi connectivity index (χ1v) is 9.87. The van der Waals surface area contributed by atoms with Crippen LogP contribution >= 0.6 is 11.6 Å². The normalized spacial score (nSPS) is 10.6. The van der Waals surface area contributed by atoms with Gasteiger partial charge in [0, 0.05) is 47.3 Å². The number of ketones is 1. The number of anilines is 1. The van der Waals surface area contributed by atoms with Gasteiger partial charge in [0.15, 0.2) is 5.78 Å². The Morgan fingerprint density at radius 1 is 1.23 bits per heavy atom. The van der Waals surface area contributed by atoms with E-state index >= 15 is 0 Å². The van der Waals surface area contributed by atoms with Gasteiger partial charge in [0.2, 0.25) is 0 Å². The maximum absolute atomic E-state index is 14.3. The Morgan fingerprint density at radius 3 is 2.73 bits per heavy atom. The van der Waals surface area contributed by atoms with E-state index in [1.807, 2.05) is 10.8 Å². The third kappa shape index (κ3) is 5.67. The lowest BCUT2D eigenvalue weighted by atomic mass is 10.1. The van der Waals surface area contributed by atoms with E-state index < -0.39 is 11.8 Å². The third-order valence-electron chi connectivity index (χ3n) is 4.62. The van der Waals surface area contributed by atoms with Crippen molar-refractivity contribution < 1.29 is 14.0 Å². The molecule has 2 aromatic carbocycles. The first kappa shape index (κ1) is 21.5. The first-order valence-electron chi connectivity index (χ1n) is 9.49. The highest BCUT2D eigenvalue weighted by atomic mass is 35.5. The number of nitrogens with zero attached hydrogens (tertiary/aromatic N) is 3. The summed E-state index contributed by atoms with van der Waals surface area (Å²) in [6.45, 7) is 2.52. The molecule has 0 atom stereocenters. The van der Waals surface area contributed by atoms with Crippen LogP contribution in [0.5, 0.6) is 0 Å². The molecule has 0 fully saturated rings. The number of carbonyl (C=O) groups is 2. The molecule has 0 aliphatic rings. The summed E-state index contributed by atoms with van der Waals surface area (Å²) in [5.74, 6) is -0.560. The number of rotatable bonds is 8. The smallest absolute Gasteiger partial charge is 0.322 e. The van der Waals surface area contributed by atoms with Crippen LogP contribution in [-0.2, 0) is 13.1 Å². The summed E-state index contributed by atoms with van der Waals surface area (Å²) in [5.41, 5.74) is 1.25. The largest absolute Gasteiger partial charge is 0.337 e. The zero-order valence-corrected chi connectivity index (χ0v) is 17.3. The summed E-state index contributed by atoms with van der Waals surface area (Å²) >= 11 is 6.16. The van der Waals surface area contributed by atoms with Crippen molar-refractivity contribution in [1.82, 2.24) is 14.5 Å². The average molecular weight is 429 g/mol. The van der Waals surface area contributed by atoms with Gasteiger partial charge in [-0.15, -0.1) is 0 Å². The van der Waals surface area contributed by atoms with Crippen molar-refractivity contribution in [3.63, 3.8) is 0 Å². The van der Waals surface area contributed by atoms with Crippen molar-refractivity contribution in [2.45, 2.75) is 26.4 Å². The molecule has 3 aromatic rings. The summed E-state index contributed by atoms with van der Waals surface area (Å²) in [5, 5.41) is 3.06. The monoisotopic (exact) mass is 428 g/mol. The molecule has 0 radical (unpaired) electrons. The van der Waals surface area contributed by atoms with Crippen molar-refractivity contribution in [2.24, 2.45) is 0 Å². The zero-order valence-electron chi connectivity index (χ0n) is 16.5. The van der Waals surface area contributed by atoms with Crippen LogP contribution in [0.25, 0.3) is 0 Å². The van der Waals surface area contributed by atoms with Gasteiger partial charge in [-0.1, -0.05) is 29.8 Å². The van der Waals surface area contributed by atoms with E-state index in [1.165, 1.54) is 24.0 Å². The molecule has 1 aromatic heterocycles. The number of hydrogen-bond donors (Lipinski definition) is 1. The van der Waals surface area contributed by atoms with Gasteiger partial charge in [0.05, 0.1) is 12.9 Å². The number of Topliss-reactive ketones (excluding diaryl/α,β-unsaturated/α-hetero) is 1. The fourth-order valence-corrected chi connectivity index (χ4v) is 3.23. The van der Waals surface area contributed by atoms with E-state index in [0.29, 0.717) is 30.8 Å². The highest BCUT2D eigenvalue weighted by molar-refractivity contribution is 6.31. The van der Waals surface area contributed by atoms with Gasteiger partial charge in [-0.3, -0.25) is 4.79 Å². The van der Waals surface area contributed by atoms with Gasteiger partial charge in [-0.25, -0.2) is 14.2 Å². The minimum atomic E-state index is -0.464. The van der Waals surface area contributed by atoms with Gasteiger partial charge in [0.1, 0.15) is 5.82 Å². The Kier molecular flexibility index (Phi) is 7.19. The summed E-state index contributed by atoms with van der Waals surface area (Å²) in [7, 11) is 0. The minimum Gasteiger partial charge on any atom is -0.337 e. The molecule has 156 valence electrons. The summed E-state index contributed by atoms with van der Waals surface area (Å²) in [6.07, 6.45) is 5.87. The second kappa shape index (κ2) is 10.0. The highest BCUT2D eigenvalue weighted by Gasteiger charge is 2.18. The van der Waals surface area contributed by atoms with E-state index in [-0.39, 0.29) is 22.9 Å². The Balaban J connectivity index is 1.75. The number of nitrogens with one attached hydrogen (secondary N) is 1. The molecule has 0 aliphatic heterocycles. The number of carbonyl (C=O) groups excluding carboxylic acids is 2. The second-order valence-electron chi connectivity index (χ2n) is 6.84. The molecule has 1 heterocycles. The molecular formula is C22H22ClFN4O2. The lowest BCUT2D eigenvalue weighted by molar-refractivity contribution is 0.101. The van der Waals surface area contributed by atoms with Crippen LogP contribution in [0.4, 0.5) is 14.9 Å². The molecule has 8 heteroatoms. The molecule has 0 unspecified atom stereocenters. The lowest BCUT2D eigenvalue weighted by Gasteiger charge is -2.24. The molecule has 3 rings (SSSR count). The number of benzene rings is 2. The van der Waals surface area contributed by atoms with Crippen molar-refractivity contribution in [3.8, 4) is 0 Å². The fraction of sp³-hybridized carbons (Fsp3) is 0.227. The van der Waals surface area contributed by atoms with Gasteiger partial charge in [-0.2, -0.15) is 0 Å². The summed E-state index contributed by atoms with van der Waals surface area (Å²) in [6, 6.07) is 10.7. The molecule has 30 heavy (non-hydrogen) atoms. The Morgan fingerprint density at radius 2 is 2.03 bits per heavy atom. The lowest BCUT2D eigenvalue weighted by Crippen LogP contribution is -2.36. The van der Waals surface area contributed by atoms with Crippen molar-refractivity contribution in [3.05, 3.63) is 83.2 Å². The number of hydrogen-bond acceptors (Lipinski definition) is 3. The predicted molar refractivity (Wildman–Crippen MR) is 114 cm³/mol. The SMILES string of the molecule is CC(=O)c1cccc(NC(=O)N(CCCn2ccnc2)Cc2c(F)cccc2Cl)c1. The first-order chi connectivity index (χ1) is 14.4. The molecule has 0 bridgehead atoms. The van der Waals surface area contributed by atoms with Gasteiger partial charge < -0.3 is 14.8 Å². The number of halogens is 2. The highest BCUT2D eigenvalue weighted by Crippen LogP contribution is 2.22. The van der Waals surface area contributed by atoms with Crippen molar-refractivity contribution in [1.29, 1.82) is 0 Å². The number of amides is 2. The molecule has 0 aliphatic carbocycles. The minimum absolute atomic E-state index is 0.0215. The Bertz CT molecular complexity index is 1000. The van der Waals surface area contributed by atoms with Crippen LogP contribution < -0.4 is 5.32 Å². The standard InChI is InChI=1S/C22H22ClFN4O2/c1-16(29)17-5-2-6-18(13-17)26-22(30)28(11-4-10-27-12-9-25-15-27)14-19-20(23)7-3-8-21(19)24/h2-3,5-9,12-13,15H,4,10-11,14H2,1H3,(H,26,30). The van der Waals surface area contributed by atoms with Crippen LogP contribution in [0, 0.1) is 5.82 Å². The number of aromatic nitrogens is 2. The summed E-state index contributed by atoms with van der Waals surface area (Å²) in [4.78, 5) is 30.1. The molecule has 0 saturated carbocycles. The quantitative estimate of drug-likeness (QED) is 0.513. The molecule has 2 amide bonds. The second-order valence-corrected chi connectivity index (χ2v) is 7.25. The van der Waals surface area contributed by atoms with Crippen molar-refractivity contribution in [2.75, 3.05) is 11.9 Å². The maximum atomic E-state index is 14.3. The Labute approximate surface area is 179 Å². The molecule has 6 nitrogen and oxygen atoms in total. The topological polar surface area (TPSA) is 67.2 Å². The maximum Gasteiger partial charge on any atom is 0.322 e. The number of imidazole rings is 1. The third-order valence-corrected chi connectivity index (χ3v) is 4.98. The fourth-order valence-electron chi connectivity index (χ4n) is 3.01. The van der Waals surface area contributed by atoms with E-state index in [1.54, 1.807) is 42.9 Å². The number of aryl methyl sites for hydroxylation is 1.